The van der Waals surface area contributed by atoms with Crippen LogP contribution < -0.4 is 4.90 Å². The summed E-state index contributed by atoms with van der Waals surface area (Å²) >= 11 is 1.74. The van der Waals surface area contributed by atoms with Crippen LogP contribution in [0.3, 0.4) is 0 Å². The van der Waals surface area contributed by atoms with E-state index in [0.29, 0.717) is 12.0 Å². The monoisotopic (exact) mass is 385 g/mol. The standard InChI is InChI=1S/C21H27N3O2S/c1-21(2,3)26-20(25)23-13-16-10-7-11-24(17(16)14-23)19-22-12-18(27-19)15-8-5-4-6-9-15/h4-6,8-9,12,16-17H,7,10-11,13-14H2,1-3H3. The first kappa shape index (κ1) is 18.3. The van der Waals surface area contributed by atoms with Gasteiger partial charge >= 0.3 is 6.09 Å². The van der Waals surface area contributed by atoms with Crippen LogP contribution in [0.5, 0.6) is 0 Å². The highest BCUT2D eigenvalue weighted by Gasteiger charge is 2.42. The molecule has 1 amide bonds. The van der Waals surface area contributed by atoms with E-state index in [1.54, 1.807) is 11.3 Å². The Hall–Kier alpha value is -2.08. The number of fused-ring (bicyclic) bond motifs is 1. The molecule has 2 aliphatic heterocycles. The van der Waals surface area contributed by atoms with Gasteiger partial charge < -0.3 is 14.5 Å². The third-order valence-corrected chi connectivity index (χ3v) is 6.31. The van der Waals surface area contributed by atoms with Crippen molar-refractivity contribution < 1.29 is 9.53 Å². The molecule has 2 unspecified atom stereocenters. The molecule has 0 saturated carbocycles. The van der Waals surface area contributed by atoms with Gasteiger partial charge in [-0.05, 0) is 45.1 Å². The predicted octanol–water partition coefficient (Wildman–Crippen LogP) is 4.65. The number of carbonyl (C=O) groups is 1. The van der Waals surface area contributed by atoms with Crippen LogP contribution in [-0.2, 0) is 4.74 Å². The Kier molecular flexibility index (Phi) is 4.84. The third-order valence-electron chi connectivity index (χ3n) is 5.23. The van der Waals surface area contributed by atoms with Gasteiger partial charge in [0.05, 0.1) is 10.9 Å². The largest absolute Gasteiger partial charge is 0.444 e. The fourth-order valence-corrected chi connectivity index (χ4v) is 5.03. The average molecular weight is 386 g/mol. The smallest absolute Gasteiger partial charge is 0.410 e. The lowest BCUT2D eigenvalue weighted by Crippen LogP contribution is -2.45. The zero-order valence-corrected chi connectivity index (χ0v) is 17.0. The molecule has 4 rings (SSSR count). The lowest BCUT2D eigenvalue weighted by Gasteiger charge is -2.36. The fraction of sp³-hybridized carbons (Fsp3) is 0.524. The van der Waals surface area contributed by atoms with E-state index in [1.165, 1.54) is 10.4 Å². The maximum Gasteiger partial charge on any atom is 0.410 e. The minimum Gasteiger partial charge on any atom is -0.444 e. The molecule has 0 bridgehead atoms. The van der Waals surface area contributed by atoms with Crippen LogP contribution in [0.4, 0.5) is 9.93 Å². The molecule has 3 heterocycles. The summed E-state index contributed by atoms with van der Waals surface area (Å²) in [5.74, 6) is 0.496. The number of amides is 1. The molecule has 0 radical (unpaired) electrons. The molecule has 6 heteroatoms. The second-order valence-corrected chi connectivity index (χ2v) is 9.43. The fourth-order valence-electron chi connectivity index (χ4n) is 4.03. The van der Waals surface area contributed by atoms with Crippen molar-refractivity contribution in [3.8, 4) is 10.4 Å². The van der Waals surface area contributed by atoms with Gasteiger partial charge in [-0.15, -0.1) is 0 Å². The van der Waals surface area contributed by atoms with Crippen molar-refractivity contribution in [2.45, 2.75) is 45.3 Å². The van der Waals surface area contributed by atoms with Gasteiger partial charge in [0.25, 0.3) is 0 Å². The summed E-state index contributed by atoms with van der Waals surface area (Å²) in [6, 6.07) is 10.7. The van der Waals surface area contributed by atoms with E-state index in [9.17, 15) is 4.79 Å². The summed E-state index contributed by atoms with van der Waals surface area (Å²) in [7, 11) is 0. The average Bonchev–Trinajstić information content (AvgIpc) is 3.28. The number of aromatic nitrogens is 1. The van der Waals surface area contributed by atoms with E-state index in [2.05, 4.69) is 29.2 Å². The molecule has 2 atom stereocenters. The molecule has 5 nitrogen and oxygen atoms in total. The Balaban J connectivity index is 1.50. The van der Waals surface area contributed by atoms with Gasteiger partial charge in [-0.2, -0.15) is 0 Å². The zero-order chi connectivity index (χ0) is 19.0. The number of rotatable bonds is 2. The van der Waals surface area contributed by atoms with E-state index in [1.807, 2.05) is 37.9 Å². The number of likely N-dealkylation sites (tertiary alicyclic amines) is 1. The maximum absolute atomic E-state index is 12.5. The Morgan fingerprint density at radius 3 is 2.74 bits per heavy atom. The van der Waals surface area contributed by atoms with Crippen LogP contribution >= 0.6 is 11.3 Å². The molecule has 2 aliphatic rings. The lowest BCUT2D eigenvalue weighted by molar-refractivity contribution is 0.0287. The van der Waals surface area contributed by atoms with Crippen LogP contribution in [0.1, 0.15) is 33.6 Å². The molecule has 2 saturated heterocycles. The van der Waals surface area contributed by atoms with Crippen molar-refractivity contribution in [3.63, 3.8) is 0 Å². The summed E-state index contributed by atoms with van der Waals surface area (Å²) in [5.41, 5.74) is 0.751. The van der Waals surface area contributed by atoms with Gasteiger partial charge in [-0.25, -0.2) is 9.78 Å². The number of thiazole rings is 1. The number of piperidine rings is 1. The first-order valence-electron chi connectivity index (χ1n) is 9.66. The first-order chi connectivity index (χ1) is 12.9. The van der Waals surface area contributed by atoms with Crippen molar-refractivity contribution in [2.75, 3.05) is 24.5 Å². The lowest BCUT2D eigenvalue weighted by atomic mass is 9.92. The Labute approximate surface area is 165 Å². The molecule has 0 aliphatic carbocycles. The van der Waals surface area contributed by atoms with Crippen molar-refractivity contribution in [1.82, 2.24) is 9.88 Å². The van der Waals surface area contributed by atoms with Gasteiger partial charge in [0.2, 0.25) is 0 Å². The molecule has 27 heavy (non-hydrogen) atoms. The quantitative estimate of drug-likeness (QED) is 0.755. The number of hydrogen-bond donors (Lipinski definition) is 0. The summed E-state index contributed by atoms with van der Waals surface area (Å²) in [4.78, 5) is 22.7. The molecular weight excluding hydrogens is 358 g/mol. The molecule has 1 aromatic heterocycles. The number of hydrogen-bond acceptors (Lipinski definition) is 5. The molecular formula is C21H27N3O2S. The van der Waals surface area contributed by atoms with Crippen molar-refractivity contribution in [2.24, 2.45) is 5.92 Å². The first-order valence-corrected chi connectivity index (χ1v) is 10.5. The maximum atomic E-state index is 12.5. The minimum atomic E-state index is -0.454. The van der Waals surface area contributed by atoms with Gasteiger partial charge in [0.1, 0.15) is 5.60 Å². The normalized spacial score (nSPS) is 22.6. The third kappa shape index (κ3) is 3.95. The summed E-state index contributed by atoms with van der Waals surface area (Å²) < 4.78 is 5.59. The van der Waals surface area contributed by atoms with E-state index in [-0.39, 0.29) is 6.09 Å². The topological polar surface area (TPSA) is 45.7 Å². The van der Waals surface area contributed by atoms with Crippen LogP contribution in [0.15, 0.2) is 36.5 Å². The van der Waals surface area contributed by atoms with Crippen molar-refractivity contribution >= 4 is 22.6 Å². The minimum absolute atomic E-state index is 0.194. The van der Waals surface area contributed by atoms with Crippen LogP contribution in [0.2, 0.25) is 0 Å². The molecule has 144 valence electrons. The van der Waals surface area contributed by atoms with Crippen LogP contribution in [0.25, 0.3) is 10.4 Å². The van der Waals surface area contributed by atoms with Gasteiger partial charge in [0.15, 0.2) is 5.13 Å². The van der Waals surface area contributed by atoms with E-state index < -0.39 is 5.60 Å². The molecule has 2 fully saturated rings. The highest BCUT2D eigenvalue weighted by atomic mass is 32.1. The van der Waals surface area contributed by atoms with E-state index in [4.69, 9.17) is 9.72 Å². The predicted molar refractivity (Wildman–Crippen MR) is 109 cm³/mol. The zero-order valence-electron chi connectivity index (χ0n) is 16.2. The molecule has 1 aromatic carbocycles. The van der Waals surface area contributed by atoms with Gasteiger partial charge in [0, 0.05) is 25.8 Å². The second kappa shape index (κ2) is 7.15. The summed E-state index contributed by atoms with van der Waals surface area (Å²) in [6.45, 7) is 8.26. The van der Waals surface area contributed by atoms with E-state index >= 15 is 0 Å². The number of benzene rings is 1. The Morgan fingerprint density at radius 2 is 2.00 bits per heavy atom. The van der Waals surface area contributed by atoms with E-state index in [0.717, 1.165) is 37.6 Å². The molecule has 2 aromatic rings. The Bertz CT molecular complexity index is 799. The van der Waals surface area contributed by atoms with Crippen molar-refractivity contribution in [3.05, 3.63) is 36.5 Å². The van der Waals surface area contributed by atoms with Crippen molar-refractivity contribution in [1.29, 1.82) is 0 Å². The van der Waals surface area contributed by atoms with Gasteiger partial charge in [-0.3, -0.25) is 0 Å². The molecule has 0 N–H and O–H groups in total. The van der Waals surface area contributed by atoms with Crippen LogP contribution in [0, 0.1) is 5.92 Å². The number of carbonyl (C=O) groups excluding carboxylic acids is 1. The highest BCUT2D eigenvalue weighted by Crippen LogP contribution is 2.38. The highest BCUT2D eigenvalue weighted by molar-refractivity contribution is 7.18. The summed E-state index contributed by atoms with van der Waals surface area (Å²) in [6.07, 6.45) is 4.08. The SMILES string of the molecule is CC(C)(C)OC(=O)N1CC2CCCN(c3ncc(-c4ccccc4)s3)C2C1. The number of ether oxygens (including phenoxy) is 1. The van der Waals surface area contributed by atoms with Gasteiger partial charge in [-0.1, -0.05) is 41.7 Å². The number of anilines is 1. The Morgan fingerprint density at radius 1 is 1.22 bits per heavy atom. The number of nitrogens with zero attached hydrogens (tertiary/aromatic N) is 3. The molecule has 0 spiro atoms. The van der Waals surface area contributed by atoms with Crippen LogP contribution in [-0.4, -0.2) is 47.3 Å². The second-order valence-electron chi connectivity index (χ2n) is 8.42. The summed E-state index contributed by atoms with van der Waals surface area (Å²) in [5, 5.41) is 1.06.